The van der Waals surface area contributed by atoms with Crippen molar-refractivity contribution >= 4 is 17.6 Å². The quantitative estimate of drug-likeness (QED) is 0.915. The minimum Gasteiger partial charge on any atom is -0.481 e. The van der Waals surface area contributed by atoms with Crippen LogP contribution >= 0.6 is 11.6 Å². The predicted octanol–water partition coefficient (Wildman–Crippen LogP) is 3.03. The van der Waals surface area contributed by atoms with E-state index in [4.69, 9.17) is 16.7 Å². The van der Waals surface area contributed by atoms with Gasteiger partial charge in [-0.25, -0.2) is 0 Å². The number of likely N-dealkylation sites (tertiary alicyclic amines) is 1. The molecule has 0 bridgehead atoms. The molecule has 2 unspecified atom stereocenters. The maximum absolute atomic E-state index is 11.0. The minimum atomic E-state index is -0.667. The maximum atomic E-state index is 11.0. The van der Waals surface area contributed by atoms with E-state index in [0.29, 0.717) is 0 Å². The van der Waals surface area contributed by atoms with E-state index in [1.165, 1.54) is 0 Å². The van der Waals surface area contributed by atoms with Gasteiger partial charge in [-0.2, -0.15) is 0 Å². The number of carbonyl (C=O) groups is 1. The van der Waals surface area contributed by atoms with E-state index in [0.717, 1.165) is 36.5 Å². The van der Waals surface area contributed by atoms with Gasteiger partial charge in [-0.15, -0.1) is 0 Å². The molecule has 0 saturated carbocycles. The average molecular weight is 268 g/mol. The predicted molar refractivity (Wildman–Crippen MR) is 71.7 cm³/mol. The van der Waals surface area contributed by atoms with Gasteiger partial charge < -0.3 is 5.11 Å². The van der Waals surface area contributed by atoms with Gasteiger partial charge in [-0.1, -0.05) is 29.8 Å². The first-order chi connectivity index (χ1) is 8.58. The zero-order chi connectivity index (χ0) is 13.1. The lowest BCUT2D eigenvalue weighted by Gasteiger charge is -2.36. The number of carboxylic acids is 1. The van der Waals surface area contributed by atoms with E-state index in [1.54, 1.807) is 0 Å². The van der Waals surface area contributed by atoms with Crippen molar-refractivity contribution in [3.8, 4) is 0 Å². The van der Waals surface area contributed by atoms with Crippen LogP contribution in [-0.4, -0.2) is 28.6 Å². The molecular weight excluding hydrogens is 250 g/mol. The number of nitrogens with zero attached hydrogens (tertiary/aromatic N) is 1. The number of piperidine rings is 1. The summed E-state index contributed by atoms with van der Waals surface area (Å²) in [5.74, 6) is -0.860. The van der Waals surface area contributed by atoms with Crippen molar-refractivity contribution in [2.45, 2.75) is 32.4 Å². The topological polar surface area (TPSA) is 40.5 Å². The maximum Gasteiger partial charge on any atom is 0.306 e. The van der Waals surface area contributed by atoms with Crippen molar-refractivity contribution < 1.29 is 9.90 Å². The summed E-state index contributed by atoms with van der Waals surface area (Å²) in [5, 5.41) is 9.82. The molecule has 1 N–H and O–H groups in total. The van der Waals surface area contributed by atoms with E-state index < -0.39 is 5.97 Å². The Balaban J connectivity index is 2.00. The Kier molecular flexibility index (Phi) is 4.25. The Morgan fingerprint density at radius 2 is 2.22 bits per heavy atom. The van der Waals surface area contributed by atoms with Crippen LogP contribution in [0.25, 0.3) is 0 Å². The second-order valence-corrected chi connectivity index (χ2v) is 5.38. The van der Waals surface area contributed by atoms with Crippen LogP contribution in [0.2, 0.25) is 5.02 Å². The van der Waals surface area contributed by atoms with E-state index in [-0.39, 0.29) is 12.0 Å². The van der Waals surface area contributed by atoms with Crippen molar-refractivity contribution in [3.63, 3.8) is 0 Å². The highest BCUT2D eigenvalue weighted by Crippen LogP contribution is 2.26. The summed E-state index contributed by atoms with van der Waals surface area (Å²) in [7, 11) is 0. The summed E-state index contributed by atoms with van der Waals surface area (Å²) in [6.45, 7) is 3.71. The lowest BCUT2D eigenvalue weighted by atomic mass is 9.91. The van der Waals surface area contributed by atoms with Crippen LogP contribution in [0.1, 0.15) is 25.3 Å². The highest BCUT2D eigenvalue weighted by molar-refractivity contribution is 6.31. The molecule has 1 heterocycles. The SMILES string of the molecule is CC1CC(C(=O)O)CCN1Cc1ccccc1Cl. The van der Waals surface area contributed by atoms with Crippen LogP contribution in [0.3, 0.4) is 0 Å². The Morgan fingerprint density at radius 1 is 1.50 bits per heavy atom. The Bertz CT molecular complexity index is 436. The highest BCUT2D eigenvalue weighted by atomic mass is 35.5. The first kappa shape index (κ1) is 13.4. The van der Waals surface area contributed by atoms with Crippen molar-refractivity contribution in [2.75, 3.05) is 6.54 Å². The third kappa shape index (κ3) is 3.03. The Morgan fingerprint density at radius 3 is 2.83 bits per heavy atom. The van der Waals surface area contributed by atoms with Crippen molar-refractivity contribution in [3.05, 3.63) is 34.9 Å². The molecule has 1 aromatic carbocycles. The van der Waals surface area contributed by atoms with Crippen LogP contribution in [0.5, 0.6) is 0 Å². The summed E-state index contributed by atoms with van der Waals surface area (Å²) in [5.41, 5.74) is 1.11. The van der Waals surface area contributed by atoms with E-state index >= 15 is 0 Å². The van der Waals surface area contributed by atoms with E-state index in [9.17, 15) is 4.79 Å². The molecule has 2 rings (SSSR count). The lowest BCUT2D eigenvalue weighted by Crippen LogP contribution is -2.42. The molecule has 1 fully saturated rings. The molecule has 1 aliphatic rings. The highest BCUT2D eigenvalue weighted by Gasteiger charge is 2.29. The van der Waals surface area contributed by atoms with Gasteiger partial charge in [-0.3, -0.25) is 9.69 Å². The molecule has 2 atom stereocenters. The summed E-state index contributed by atoms with van der Waals surface area (Å²) in [6, 6.07) is 8.11. The number of aliphatic carboxylic acids is 1. The molecule has 0 spiro atoms. The molecule has 0 amide bonds. The van der Waals surface area contributed by atoms with Crippen molar-refractivity contribution in [2.24, 2.45) is 5.92 Å². The number of hydrogen-bond donors (Lipinski definition) is 1. The molecular formula is C14H18ClNO2. The zero-order valence-electron chi connectivity index (χ0n) is 10.5. The third-order valence-corrected chi connectivity index (χ3v) is 4.06. The second-order valence-electron chi connectivity index (χ2n) is 4.97. The van der Waals surface area contributed by atoms with Crippen LogP contribution in [0, 0.1) is 5.92 Å². The summed E-state index contributed by atoms with van der Waals surface area (Å²) >= 11 is 6.15. The fraction of sp³-hybridized carbons (Fsp3) is 0.500. The van der Waals surface area contributed by atoms with Crippen LogP contribution in [0.15, 0.2) is 24.3 Å². The van der Waals surface area contributed by atoms with Gasteiger partial charge in [0.25, 0.3) is 0 Å². The molecule has 98 valence electrons. The van der Waals surface area contributed by atoms with Gasteiger partial charge in [0.05, 0.1) is 5.92 Å². The standard InChI is InChI=1S/C14H18ClNO2/c1-10-8-11(14(17)18)6-7-16(10)9-12-4-2-3-5-13(12)15/h2-5,10-11H,6-9H2,1H3,(H,17,18). The average Bonchev–Trinajstić information content (AvgIpc) is 2.34. The van der Waals surface area contributed by atoms with E-state index in [2.05, 4.69) is 11.8 Å². The number of halogens is 1. The smallest absolute Gasteiger partial charge is 0.306 e. The molecule has 0 radical (unpaired) electrons. The molecule has 4 heteroatoms. The van der Waals surface area contributed by atoms with Gasteiger partial charge in [0.15, 0.2) is 0 Å². The van der Waals surface area contributed by atoms with Gasteiger partial charge in [-0.05, 0) is 37.9 Å². The first-order valence-corrected chi connectivity index (χ1v) is 6.66. The number of carboxylic acid groups (broad SMARTS) is 1. The van der Waals surface area contributed by atoms with Gasteiger partial charge in [0.1, 0.15) is 0 Å². The molecule has 1 aliphatic heterocycles. The number of benzene rings is 1. The van der Waals surface area contributed by atoms with Crippen molar-refractivity contribution in [1.82, 2.24) is 4.90 Å². The lowest BCUT2D eigenvalue weighted by molar-refractivity contribution is -0.144. The van der Waals surface area contributed by atoms with Crippen LogP contribution < -0.4 is 0 Å². The Hall–Kier alpha value is -1.06. The molecule has 0 aliphatic carbocycles. The summed E-state index contributed by atoms with van der Waals surface area (Å²) < 4.78 is 0. The Labute approximate surface area is 112 Å². The molecule has 3 nitrogen and oxygen atoms in total. The summed E-state index contributed by atoms with van der Waals surface area (Å²) in [6.07, 6.45) is 1.45. The van der Waals surface area contributed by atoms with E-state index in [1.807, 2.05) is 24.3 Å². The fourth-order valence-electron chi connectivity index (χ4n) is 2.53. The molecule has 1 aromatic rings. The normalized spacial score (nSPS) is 25.0. The van der Waals surface area contributed by atoms with Crippen LogP contribution in [0.4, 0.5) is 0 Å². The zero-order valence-corrected chi connectivity index (χ0v) is 11.2. The van der Waals surface area contributed by atoms with Gasteiger partial charge in [0, 0.05) is 17.6 Å². The van der Waals surface area contributed by atoms with Gasteiger partial charge in [0.2, 0.25) is 0 Å². The molecule has 18 heavy (non-hydrogen) atoms. The monoisotopic (exact) mass is 267 g/mol. The molecule has 0 aromatic heterocycles. The molecule has 1 saturated heterocycles. The summed E-state index contributed by atoms with van der Waals surface area (Å²) in [4.78, 5) is 13.3. The second kappa shape index (κ2) is 5.72. The fourth-order valence-corrected chi connectivity index (χ4v) is 2.72. The third-order valence-electron chi connectivity index (χ3n) is 3.69. The van der Waals surface area contributed by atoms with Gasteiger partial charge >= 0.3 is 5.97 Å². The van der Waals surface area contributed by atoms with Crippen LogP contribution in [-0.2, 0) is 11.3 Å². The minimum absolute atomic E-state index is 0.192. The number of rotatable bonds is 3. The largest absolute Gasteiger partial charge is 0.481 e. The number of hydrogen-bond acceptors (Lipinski definition) is 2. The first-order valence-electron chi connectivity index (χ1n) is 6.28. The van der Waals surface area contributed by atoms with Crippen molar-refractivity contribution in [1.29, 1.82) is 0 Å².